The van der Waals surface area contributed by atoms with Crippen LogP contribution < -0.4 is 15.5 Å². The lowest BCUT2D eigenvalue weighted by Gasteiger charge is -2.23. The molecule has 2 aromatic carbocycles. The third-order valence-electron chi connectivity index (χ3n) is 6.40. The van der Waals surface area contributed by atoms with Crippen molar-refractivity contribution in [1.82, 2.24) is 10.2 Å². The molecular formula is C28H30N4O4. The van der Waals surface area contributed by atoms with Crippen molar-refractivity contribution < 1.29 is 18.8 Å². The molecule has 36 heavy (non-hydrogen) atoms. The van der Waals surface area contributed by atoms with E-state index in [1.54, 1.807) is 11.2 Å². The molecule has 0 radical (unpaired) electrons. The zero-order valence-corrected chi connectivity index (χ0v) is 20.1. The monoisotopic (exact) mass is 486 g/mol. The van der Waals surface area contributed by atoms with Crippen molar-refractivity contribution in [2.24, 2.45) is 0 Å². The first-order valence-corrected chi connectivity index (χ1v) is 12.4. The van der Waals surface area contributed by atoms with Crippen LogP contribution in [0.5, 0.6) is 0 Å². The summed E-state index contributed by atoms with van der Waals surface area (Å²) in [6, 6.07) is 18.9. The molecule has 2 fully saturated rings. The number of anilines is 2. The number of hydrogen-bond acceptors (Lipinski definition) is 5. The highest BCUT2D eigenvalue weighted by atomic mass is 16.3. The lowest BCUT2D eigenvalue weighted by atomic mass is 10.1. The first-order chi connectivity index (χ1) is 17.5. The summed E-state index contributed by atoms with van der Waals surface area (Å²) in [5, 5.41) is 5.99. The van der Waals surface area contributed by atoms with Gasteiger partial charge in [0.1, 0.15) is 5.76 Å². The number of carbonyl (C=O) groups excluding carboxylic acids is 3. The molecule has 0 spiro atoms. The van der Waals surface area contributed by atoms with Gasteiger partial charge in [0, 0.05) is 31.1 Å². The Labute approximate surface area is 210 Å². The summed E-state index contributed by atoms with van der Waals surface area (Å²) in [6.45, 7) is 1.75. The Bertz CT molecular complexity index is 1220. The van der Waals surface area contributed by atoms with Crippen LogP contribution in [0.1, 0.15) is 47.4 Å². The van der Waals surface area contributed by atoms with Crippen molar-refractivity contribution in [2.45, 2.75) is 44.8 Å². The molecule has 0 atom stereocenters. The van der Waals surface area contributed by atoms with E-state index < -0.39 is 0 Å². The predicted molar refractivity (Wildman–Crippen MR) is 136 cm³/mol. The molecule has 2 aliphatic rings. The van der Waals surface area contributed by atoms with Crippen LogP contribution in [0.15, 0.2) is 71.3 Å². The van der Waals surface area contributed by atoms with Crippen LogP contribution in [-0.4, -0.2) is 41.8 Å². The average molecular weight is 487 g/mol. The molecule has 3 aromatic rings. The number of nitrogens with zero attached hydrogens (tertiary/aromatic N) is 2. The van der Waals surface area contributed by atoms with Gasteiger partial charge >= 0.3 is 0 Å². The Balaban J connectivity index is 1.26. The molecule has 8 nitrogen and oxygen atoms in total. The summed E-state index contributed by atoms with van der Waals surface area (Å²) in [5.74, 6) is 0.601. The molecule has 1 saturated carbocycles. The largest absolute Gasteiger partial charge is 0.468 e. The molecule has 5 rings (SSSR count). The van der Waals surface area contributed by atoms with Crippen molar-refractivity contribution >= 4 is 29.1 Å². The van der Waals surface area contributed by atoms with Gasteiger partial charge in [0.15, 0.2) is 0 Å². The van der Waals surface area contributed by atoms with Crippen LogP contribution in [0.3, 0.4) is 0 Å². The summed E-state index contributed by atoms with van der Waals surface area (Å²) < 4.78 is 5.52. The Morgan fingerprint density at radius 3 is 2.50 bits per heavy atom. The van der Waals surface area contributed by atoms with Gasteiger partial charge in [-0.05, 0) is 61.2 Å². The van der Waals surface area contributed by atoms with E-state index in [2.05, 4.69) is 10.6 Å². The number of furan rings is 1. The smallest absolute Gasteiger partial charge is 0.251 e. The molecular weight excluding hydrogens is 456 g/mol. The van der Waals surface area contributed by atoms with Crippen molar-refractivity contribution in [3.05, 3.63) is 83.8 Å². The highest BCUT2D eigenvalue weighted by molar-refractivity contribution is 6.02. The van der Waals surface area contributed by atoms with Gasteiger partial charge in [0.05, 0.1) is 30.7 Å². The third kappa shape index (κ3) is 6.01. The number of para-hydroxylation sites is 2. The predicted octanol–water partition coefficient (Wildman–Crippen LogP) is 3.94. The normalized spacial score (nSPS) is 15.4. The minimum absolute atomic E-state index is 0.0500. The van der Waals surface area contributed by atoms with Crippen molar-refractivity contribution in [3.8, 4) is 0 Å². The van der Waals surface area contributed by atoms with Gasteiger partial charge in [-0.25, -0.2) is 0 Å². The number of hydrogen-bond donors (Lipinski definition) is 2. The molecule has 3 amide bonds. The van der Waals surface area contributed by atoms with E-state index in [4.69, 9.17) is 4.42 Å². The summed E-state index contributed by atoms with van der Waals surface area (Å²) in [6.07, 6.45) is 5.06. The molecule has 1 aliphatic heterocycles. The van der Waals surface area contributed by atoms with Gasteiger partial charge in [-0.15, -0.1) is 0 Å². The molecule has 2 N–H and O–H groups in total. The number of carbonyl (C=O) groups is 3. The lowest BCUT2D eigenvalue weighted by molar-refractivity contribution is -0.118. The Hall–Kier alpha value is -3.91. The maximum Gasteiger partial charge on any atom is 0.251 e. The summed E-state index contributed by atoms with van der Waals surface area (Å²) in [4.78, 5) is 41.4. The van der Waals surface area contributed by atoms with Crippen LogP contribution in [0, 0.1) is 0 Å². The van der Waals surface area contributed by atoms with Gasteiger partial charge in [-0.3, -0.25) is 19.3 Å². The quantitative estimate of drug-likeness (QED) is 0.453. The highest BCUT2D eigenvalue weighted by Crippen LogP contribution is 2.29. The first-order valence-electron chi connectivity index (χ1n) is 12.4. The third-order valence-corrected chi connectivity index (χ3v) is 6.40. The van der Waals surface area contributed by atoms with Crippen molar-refractivity contribution in [2.75, 3.05) is 23.3 Å². The van der Waals surface area contributed by atoms with Crippen molar-refractivity contribution in [3.63, 3.8) is 0 Å². The maximum atomic E-state index is 13.1. The van der Waals surface area contributed by atoms with E-state index in [1.165, 1.54) is 0 Å². The number of amides is 3. The number of nitrogens with one attached hydrogen (secondary N) is 2. The molecule has 1 aliphatic carbocycles. The lowest BCUT2D eigenvalue weighted by Crippen LogP contribution is -2.33. The van der Waals surface area contributed by atoms with Gasteiger partial charge in [-0.1, -0.05) is 24.3 Å². The van der Waals surface area contributed by atoms with Crippen molar-refractivity contribution in [1.29, 1.82) is 0 Å². The van der Waals surface area contributed by atoms with Crippen LogP contribution in [0.4, 0.5) is 11.4 Å². The van der Waals surface area contributed by atoms with Gasteiger partial charge < -0.3 is 20.0 Å². The minimum atomic E-state index is -0.180. The molecule has 1 saturated heterocycles. The van der Waals surface area contributed by atoms with E-state index in [0.717, 1.165) is 36.3 Å². The standard InChI is InChI=1S/C28H30N4O4/c33-26(30-24-6-1-2-7-25(24)32-15-3-8-27(32)34)19-31(18-23-5-4-16-36-23)17-20-9-11-21(12-10-20)28(35)29-22-13-14-22/h1-2,4-7,9-12,16,22H,3,8,13-15,17-19H2,(H,29,35)(H,30,33). The summed E-state index contributed by atoms with van der Waals surface area (Å²) in [5.41, 5.74) is 2.97. The minimum Gasteiger partial charge on any atom is -0.468 e. The van der Waals surface area contributed by atoms with Crippen LogP contribution in [0.2, 0.25) is 0 Å². The zero-order valence-electron chi connectivity index (χ0n) is 20.1. The topological polar surface area (TPSA) is 94.9 Å². The molecule has 8 heteroatoms. The van der Waals surface area contributed by atoms with E-state index in [1.807, 2.05) is 65.6 Å². The summed E-state index contributed by atoms with van der Waals surface area (Å²) >= 11 is 0. The Morgan fingerprint density at radius 2 is 1.81 bits per heavy atom. The number of benzene rings is 2. The van der Waals surface area contributed by atoms with Crippen LogP contribution in [0.25, 0.3) is 0 Å². The first kappa shape index (κ1) is 23.8. The Morgan fingerprint density at radius 1 is 1.00 bits per heavy atom. The highest BCUT2D eigenvalue weighted by Gasteiger charge is 2.25. The van der Waals surface area contributed by atoms with Gasteiger partial charge in [-0.2, -0.15) is 0 Å². The van der Waals surface area contributed by atoms with Crippen LogP contribution in [-0.2, 0) is 22.7 Å². The SMILES string of the molecule is O=C(CN(Cc1ccc(C(=O)NC2CC2)cc1)Cc1ccco1)Nc1ccccc1N1CCCC1=O. The van der Waals surface area contributed by atoms with E-state index in [0.29, 0.717) is 43.3 Å². The second-order valence-corrected chi connectivity index (χ2v) is 9.38. The average Bonchev–Trinajstić information content (AvgIpc) is 3.33. The zero-order chi connectivity index (χ0) is 24.9. The fourth-order valence-electron chi connectivity index (χ4n) is 4.42. The fraction of sp³-hybridized carbons (Fsp3) is 0.321. The second-order valence-electron chi connectivity index (χ2n) is 9.38. The Kier molecular flexibility index (Phi) is 7.13. The molecule has 2 heterocycles. The maximum absolute atomic E-state index is 13.1. The van der Waals surface area contributed by atoms with E-state index >= 15 is 0 Å². The van der Waals surface area contributed by atoms with Gasteiger partial charge in [0.2, 0.25) is 11.8 Å². The van der Waals surface area contributed by atoms with Crippen LogP contribution >= 0.6 is 0 Å². The van der Waals surface area contributed by atoms with E-state index in [-0.39, 0.29) is 24.3 Å². The van der Waals surface area contributed by atoms with Gasteiger partial charge in [0.25, 0.3) is 5.91 Å². The second kappa shape index (κ2) is 10.8. The number of rotatable bonds is 10. The fourth-order valence-corrected chi connectivity index (χ4v) is 4.42. The molecule has 186 valence electrons. The molecule has 1 aromatic heterocycles. The molecule has 0 unspecified atom stereocenters. The molecule has 0 bridgehead atoms. The summed E-state index contributed by atoms with van der Waals surface area (Å²) in [7, 11) is 0. The van der Waals surface area contributed by atoms with E-state index in [9.17, 15) is 14.4 Å².